The van der Waals surface area contributed by atoms with Gasteiger partial charge in [0.25, 0.3) is 0 Å². The van der Waals surface area contributed by atoms with Gasteiger partial charge >= 0.3 is 6.55 Å². The van der Waals surface area contributed by atoms with Crippen LogP contribution < -0.4 is 0 Å². The highest BCUT2D eigenvalue weighted by molar-refractivity contribution is 5.89. The van der Waals surface area contributed by atoms with Crippen LogP contribution in [0.5, 0.6) is 0 Å². The second kappa shape index (κ2) is 6.30. The van der Waals surface area contributed by atoms with E-state index in [1.54, 1.807) is 19.2 Å². The molecule has 0 bridgehead atoms. The predicted octanol–water partition coefficient (Wildman–Crippen LogP) is 3.50. The molecule has 2 aromatic rings. The highest BCUT2D eigenvalue weighted by Crippen LogP contribution is 2.45. The molecular weight excluding hydrogens is 319 g/mol. The quantitative estimate of drug-likeness (QED) is 0.837. The topological polar surface area (TPSA) is 38.1 Å². The van der Waals surface area contributed by atoms with Gasteiger partial charge in [0.15, 0.2) is 0 Å². The lowest BCUT2D eigenvalue weighted by Gasteiger charge is -2.43. The van der Waals surface area contributed by atoms with Crippen molar-refractivity contribution >= 4 is 5.91 Å². The Hall–Kier alpha value is -2.31. The fourth-order valence-corrected chi connectivity index (χ4v) is 3.24. The van der Waals surface area contributed by atoms with Gasteiger partial charge in [0.2, 0.25) is 5.91 Å². The molecule has 1 aliphatic rings. The van der Waals surface area contributed by atoms with Crippen molar-refractivity contribution in [3.8, 4) is 0 Å². The van der Waals surface area contributed by atoms with Gasteiger partial charge in [-0.2, -0.15) is 8.78 Å². The third-order valence-corrected chi connectivity index (χ3v) is 4.68. The molecule has 3 rings (SSSR count). The van der Waals surface area contributed by atoms with E-state index in [9.17, 15) is 18.0 Å². The number of carbonyl (C=O) groups is 1. The number of carbonyl (C=O) groups excluding carboxylic acids is 1. The molecule has 128 valence electrons. The SMILES string of the molecule is CN(Cc1nccn1C(F)F)C(=O)C1(c2cccc(F)c2)CCC1. The second-order valence-electron chi connectivity index (χ2n) is 6.14. The maximum atomic E-state index is 13.5. The molecule has 4 nitrogen and oxygen atoms in total. The minimum atomic E-state index is -2.70. The molecular formula is C17H18F3N3O. The monoisotopic (exact) mass is 337 g/mol. The maximum absolute atomic E-state index is 13.5. The van der Waals surface area contributed by atoms with E-state index in [4.69, 9.17) is 0 Å². The summed E-state index contributed by atoms with van der Waals surface area (Å²) in [5.41, 5.74) is -0.123. The maximum Gasteiger partial charge on any atom is 0.319 e. The lowest BCUT2D eigenvalue weighted by molar-refractivity contribution is -0.140. The van der Waals surface area contributed by atoms with Gasteiger partial charge in [-0.1, -0.05) is 18.6 Å². The zero-order valence-electron chi connectivity index (χ0n) is 13.3. The number of halogens is 3. The predicted molar refractivity (Wildman–Crippen MR) is 81.9 cm³/mol. The van der Waals surface area contributed by atoms with E-state index in [-0.39, 0.29) is 24.1 Å². The molecule has 1 amide bonds. The van der Waals surface area contributed by atoms with Crippen LogP contribution in [-0.4, -0.2) is 27.4 Å². The molecule has 1 aliphatic carbocycles. The molecule has 0 saturated heterocycles. The van der Waals surface area contributed by atoms with Crippen molar-refractivity contribution in [3.05, 3.63) is 53.9 Å². The van der Waals surface area contributed by atoms with E-state index in [1.807, 2.05) is 0 Å². The van der Waals surface area contributed by atoms with Crippen molar-refractivity contribution in [2.75, 3.05) is 7.05 Å². The average molecular weight is 337 g/mol. The van der Waals surface area contributed by atoms with Crippen molar-refractivity contribution in [1.82, 2.24) is 14.5 Å². The molecule has 1 heterocycles. The number of aromatic nitrogens is 2. The van der Waals surface area contributed by atoms with Crippen molar-refractivity contribution < 1.29 is 18.0 Å². The summed E-state index contributed by atoms with van der Waals surface area (Å²) < 4.78 is 40.1. The number of benzene rings is 1. The fraction of sp³-hybridized carbons (Fsp3) is 0.412. The number of hydrogen-bond acceptors (Lipinski definition) is 2. The Labute approximate surface area is 137 Å². The van der Waals surface area contributed by atoms with Gasteiger partial charge in [0.05, 0.1) is 12.0 Å². The summed E-state index contributed by atoms with van der Waals surface area (Å²) in [5, 5.41) is 0. The van der Waals surface area contributed by atoms with Gasteiger partial charge in [-0.25, -0.2) is 9.37 Å². The molecule has 0 unspecified atom stereocenters. The smallest absolute Gasteiger partial charge is 0.319 e. The Bertz CT molecular complexity index is 740. The number of alkyl halides is 2. The van der Waals surface area contributed by atoms with Gasteiger partial charge < -0.3 is 4.90 Å². The minimum absolute atomic E-state index is 0.0206. The first-order chi connectivity index (χ1) is 11.4. The van der Waals surface area contributed by atoms with Crippen LogP contribution in [0.1, 0.15) is 37.2 Å². The average Bonchev–Trinajstić information content (AvgIpc) is 2.94. The lowest BCUT2D eigenvalue weighted by Crippen LogP contribution is -2.49. The van der Waals surface area contributed by atoms with E-state index >= 15 is 0 Å². The number of nitrogens with zero attached hydrogens (tertiary/aromatic N) is 3. The summed E-state index contributed by atoms with van der Waals surface area (Å²) in [4.78, 5) is 18.2. The third kappa shape index (κ3) is 2.79. The van der Waals surface area contributed by atoms with E-state index in [2.05, 4.69) is 4.98 Å². The molecule has 1 aromatic carbocycles. The highest BCUT2D eigenvalue weighted by atomic mass is 19.3. The Morgan fingerprint density at radius 3 is 2.75 bits per heavy atom. The Kier molecular flexibility index (Phi) is 4.34. The van der Waals surface area contributed by atoms with Gasteiger partial charge in [0, 0.05) is 19.4 Å². The second-order valence-corrected chi connectivity index (χ2v) is 6.14. The van der Waals surface area contributed by atoms with Crippen molar-refractivity contribution in [2.24, 2.45) is 0 Å². The van der Waals surface area contributed by atoms with Crippen molar-refractivity contribution in [1.29, 1.82) is 0 Å². The molecule has 0 N–H and O–H groups in total. The molecule has 0 radical (unpaired) electrons. The van der Waals surface area contributed by atoms with Gasteiger partial charge in [-0.15, -0.1) is 0 Å². The molecule has 0 atom stereocenters. The summed E-state index contributed by atoms with van der Waals surface area (Å²) in [6.07, 6.45) is 4.60. The summed E-state index contributed by atoms with van der Waals surface area (Å²) in [6.45, 7) is -2.72. The van der Waals surface area contributed by atoms with Crippen LogP contribution in [-0.2, 0) is 16.8 Å². The Balaban J connectivity index is 1.82. The van der Waals surface area contributed by atoms with E-state index in [0.717, 1.165) is 11.0 Å². The van der Waals surface area contributed by atoms with Crippen molar-refractivity contribution in [2.45, 2.75) is 37.8 Å². The molecule has 1 aromatic heterocycles. The standard InChI is InChI=1S/C17H18F3N3O/c1-22(11-14-21-8-9-23(14)16(19)20)15(24)17(6-3-7-17)12-4-2-5-13(18)10-12/h2,4-5,8-10,16H,3,6-7,11H2,1H3. The largest absolute Gasteiger partial charge is 0.338 e. The highest BCUT2D eigenvalue weighted by Gasteiger charge is 2.47. The first-order valence-corrected chi connectivity index (χ1v) is 7.75. The minimum Gasteiger partial charge on any atom is -0.338 e. The molecule has 1 saturated carbocycles. The van der Waals surface area contributed by atoms with Gasteiger partial charge in [-0.3, -0.25) is 9.36 Å². The Morgan fingerprint density at radius 1 is 1.42 bits per heavy atom. The number of rotatable bonds is 5. The number of hydrogen-bond donors (Lipinski definition) is 0. The lowest BCUT2D eigenvalue weighted by atomic mass is 9.63. The summed E-state index contributed by atoms with van der Waals surface area (Å²) in [5.74, 6) is -0.458. The normalized spacial score (nSPS) is 16.0. The molecule has 0 spiro atoms. The van der Waals surface area contributed by atoms with Crippen LogP contribution in [0.15, 0.2) is 36.7 Å². The van der Waals surface area contributed by atoms with E-state index in [0.29, 0.717) is 18.4 Å². The summed E-state index contributed by atoms with van der Waals surface area (Å²) in [7, 11) is 1.56. The summed E-state index contributed by atoms with van der Waals surface area (Å²) in [6, 6.07) is 6.05. The summed E-state index contributed by atoms with van der Waals surface area (Å²) >= 11 is 0. The number of imidazole rings is 1. The molecule has 24 heavy (non-hydrogen) atoms. The van der Waals surface area contributed by atoms with Crippen LogP contribution in [0.3, 0.4) is 0 Å². The first kappa shape index (κ1) is 16.5. The van der Waals surface area contributed by atoms with E-state index in [1.165, 1.54) is 29.4 Å². The zero-order valence-corrected chi connectivity index (χ0v) is 13.3. The van der Waals surface area contributed by atoms with E-state index < -0.39 is 12.0 Å². The first-order valence-electron chi connectivity index (χ1n) is 7.75. The molecule has 1 fully saturated rings. The van der Waals surface area contributed by atoms with Gasteiger partial charge in [0.1, 0.15) is 11.6 Å². The third-order valence-electron chi connectivity index (χ3n) is 4.68. The van der Waals surface area contributed by atoms with Crippen LogP contribution >= 0.6 is 0 Å². The van der Waals surface area contributed by atoms with Crippen LogP contribution in [0, 0.1) is 5.82 Å². The Morgan fingerprint density at radius 2 is 2.17 bits per heavy atom. The molecule has 7 heteroatoms. The van der Waals surface area contributed by atoms with Crippen LogP contribution in [0.4, 0.5) is 13.2 Å². The fourth-order valence-electron chi connectivity index (χ4n) is 3.24. The zero-order chi connectivity index (χ0) is 17.3. The molecule has 0 aliphatic heterocycles. The van der Waals surface area contributed by atoms with Crippen LogP contribution in [0.2, 0.25) is 0 Å². The van der Waals surface area contributed by atoms with Gasteiger partial charge in [-0.05, 0) is 30.5 Å². The van der Waals surface area contributed by atoms with Crippen molar-refractivity contribution in [3.63, 3.8) is 0 Å². The number of likely N-dealkylation sites (N-methyl/N-ethyl adjacent to an activating group) is 1. The number of amides is 1. The van der Waals surface area contributed by atoms with Crippen LogP contribution in [0.25, 0.3) is 0 Å².